The summed E-state index contributed by atoms with van der Waals surface area (Å²) < 4.78 is 1.19. The molecule has 0 bridgehead atoms. The largest absolute Gasteiger partial charge is 0.142 e. The fourth-order valence-corrected chi connectivity index (χ4v) is 3.87. The average Bonchev–Trinajstić information content (AvgIpc) is 2.61. The second-order valence-electron chi connectivity index (χ2n) is 2.88. The average molecular weight is 308 g/mol. The van der Waals surface area contributed by atoms with Crippen LogP contribution in [-0.2, 0) is 5.33 Å². The summed E-state index contributed by atoms with van der Waals surface area (Å²) in [5.74, 6) is 0. The Hall–Kier alpha value is 0.300. The van der Waals surface area contributed by atoms with Crippen LogP contribution < -0.4 is 0 Å². The van der Waals surface area contributed by atoms with E-state index in [9.17, 15) is 0 Å². The van der Waals surface area contributed by atoms with E-state index in [0.29, 0.717) is 0 Å². The number of halogens is 2. The molecule has 0 atom stereocenters. The predicted molar refractivity (Wildman–Crippen MR) is 71.2 cm³/mol. The zero-order valence-electron chi connectivity index (χ0n) is 7.51. The van der Waals surface area contributed by atoms with Crippen LogP contribution in [0.4, 0.5) is 0 Å². The van der Waals surface area contributed by atoms with E-state index in [4.69, 9.17) is 11.6 Å². The zero-order valence-corrected chi connectivity index (χ0v) is 11.5. The van der Waals surface area contributed by atoms with Crippen molar-refractivity contribution in [3.8, 4) is 0 Å². The fourth-order valence-electron chi connectivity index (χ4n) is 1.34. The Balaban J connectivity index is 2.73. The minimum atomic E-state index is 0.865. The van der Waals surface area contributed by atoms with Gasteiger partial charge in [-0.15, -0.1) is 23.1 Å². The first-order chi connectivity index (χ1) is 6.76. The predicted octanol–water partition coefficient (Wildman–Crippen LogP) is 5.17. The Kier molecular flexibility index (Phi) is 3.42. The van der Waals surface area contributed by atoms with Crippen LogP contribution in [-0.4, -0.2) is 6.26 Å². The second kappa shape index (κ2) is 4.44. The molecule has 0 fully saturated rings. The van der Waals surface area contributed by atoms with Gasteiger partial charge in [-0.3, -0.25) is 0 Å². The third kappa shape index (κ3) is 1.83. The molecule has 4 heteroatoms. The first-order valence-electron chi connectivity index (χ1n) is 4.06. The molecule has 0 spiro atoms. The van der Waals surface area contributed by atoms with Gasteiger partial charge in [-0.05, 0) is 34.7 Å². The molecular weight excluding hydrogens is 300 g/mol. The van der Waals surface area contributed by atoms with Crippen molar-refractivity contribution in [3.63, 3.8) is 0 Å². The number of benzene rings is 1. The van der Waals surface area contributed by atoms with Crippen LogP contribution in [0.25, 0.3) is 10.1 Å². The van der Waals surface area contributed by atoms with Gasteiger partial charge in [0.05, 0.1) is 9.72 Å². The molecule has 0 unspecified atom stereocenters. The maximum atomic E-state index is 6.19. The van der Waals surface area contributed by atoms with E-state index in [1.807, 2.05) is 6.07 Å². The van der Waals surface area contributed by atoms with Crippen molar-refractivity contribution in [2.75, 3.05) is 6.26 Å². The Morgan fingerprint density at radius 1 is 1.50 bits per heavy atom. The van der Waals surface area contributed by atoms with Gasteiger partial charge in [0, 0.05) is 10.2 Å². The molecule has 0 aliphatic carbocycles. The SMILES string of the molecule is CSc1cc(Cl)c2scc(CBr)c2c1. The summed E-state index contributed by atoms with van der Waals surface area (Å²) in [7, 11) is 0. The molecule has 2 aromatic rings. The Labute approximate surface area is 105 Å². The standard InChI is InChI=1S/C10H8BrClS2/c1-13-7-2-8-6(4-11)5-14-10(8)9(12)3-7/h2-3,5H,4H2,1H3. The summed E-state index contributed by atoms with van der Waals surface area (Å²) in [6, 6.07) is 4.24. The van der Waals surface area contributed by atoms with E-state index in [1.54, 1.807) is 23.1 Å². The topological polar surface area (TPSA) is 0 Å². The van der Waals surface area contributed by atoms with Gasteiger partial charge >= 0.3 is 0 Å². The van der Waals surface area contributed by atoms with Crippen LogP contribution in [0.15, 0.2) is 22.4 Å². The summed E-state index contributed by atoms with van der Waals surface area (Å²) in [6.07, 6.45) is 2.07. The van der Waals surface area contributed by atoms with Crippen LogP contribution >= 0.6 is 50.6 Å². The minimum Gasteiger partial charge on any atom is -0.142 e. The molecule has 2 rings (SSSR count). The molecule has 0 N–H and O–H groups in total. The minimum absolute atomic E-state index is 0.865. The van der Waals surface area contributed by atoms with Gasteiger partial charge in [0.2, 0.25) is 0 Å². The Morgan fingerprint density at radius 2 is 2.29 bits per heavy atom. The molecule has 1 aromatic carbocycles. The van der Waals surface area contributed by atoms with Crippen LogP contribution in [0.5, 0.6) is 0 Å². The van der Waals surface area contributed by atoms with E-state index >= 15 is 0 Å². The number of hydrogen-bond donors (Lipinski definition) is 0. The van der Waals surface area contributed by atoms with Crippen molar-refractivity contribution in [2.45, 2.75) is 10.2 Å². The van der Waals surface area contributed by atoms with Gasteiger partial charge < -0.3 is 0 Å². The number of alkyl halides is 1. The molecule has 0 aliphatic rings. The van der Waals surface area contributed by atoms with E-state index in [1.165, 1.54) is 20.5 Å². The molecule has 0 saturated carbocycles. The summed E-state index contributed by atoms with van der Waals surface area (Å²) in [4.78, 5) is 1.23. The fraction of sp³-hybridized carbons (Fsp3) is 0.200. The van der Waals surface area contributed by atoms with Crippen molar-refractivity contribution in [1.29, 1.82) is 0 Å². The van der Waals surface area contributed by atoms with Crippen molar-refractivity contribution in [1.82, 2.24) is 0 Å². The zero-order chi connectivity index (χ0) is 10.1. The summed E-state index contributed by atoms with van der Waals surface area (Å²) in [5.41, 5.74) is 1.32. The highest BCUT2D eigenvalue weighted by Gasteiger charge is 2.07. The maximum absolute atomic E-state index is 6.19. The molecule has 0 radical (unpaired) electrons. The first-order valence-corrected chi connectivity index (χ1v) is 7.66. The lowest BCUT2D eigenvalue weighted by molar-refractivity contribution is 1.48. The lowest BCUT2D eigenvalue weighted by atomic mass is 10.2. The molecule has 14 heavy (non-hydrogen) atoms. The van der Waals surface area contributed by atoms with E-state index in [2.05, 4.69) is 33.6 Å². The van der Waals surface area contributed by atoms with Gasteiger partial charge in [0.15, 0.2) is 0 Å². The third-order valence-electron chi connectivity index (χ3n) is 2.06. The summed E-state index contributed by atoms with van der Waals surface area (Å²) >= 11 is 13.1. The van der Waals surface area contributed by atoms with Crippen LogP contribution in [0.2, 0.25) is 5.02 Å². The summed E-state index contributed by atoms with van der Waals surface area (Å²) in [5, 5.41) is 5.20. The molecule has 1 aromatic heterocycles. The van der Waals surface area contributed by atoms with Crippen molar-refractivity contribution >= 4 is 60.7 Å². The molecular formula is C10H8BrClS2. The number of thioether (sulfide) groups is 1. The molecule has 1 heterocycles. The summed E-state index contributed by atoms with van der Waals surface area (Å²) in [6.45, 7) is 0. The molecule has 74 valence electrons. The van der Waals surface area contributed by atoms with E-state index in [-0.39, 0.29) is 0 Å². The van der Waals surface area contributed by atoms with E-state index < -0.39 is 0 Å². The quantitative estimate of drug-likeness (QED) is 0.545. The number of fused-ring (bicyclic) bond motifs is 1. The number of hydrogen-bond acceptors (Lipinski definition) is 2. The van der Waals surface area contributed by atoms with Crippen LogP contribution in [0, 0.1) is 0 Å². The van der Waals surface area contributed by atoms with Crippen LogP contribution in [0.3, 0.4) is 0 Å². The Morgan fingerprint density at radius 3 is 2.93 bits per heavy atom. The van der Waals surface area contributed by atoms with Crippen LogP contribution in [0.1, 0.15) is 5.56 Å². The molecule has 0 nitrogen and oxygen atoms in total. The lowest BCUT2D eigenvalue weighted by Crippen LogP contribution is -1.76. The molecule has 0 aliphatic heterocycles. The van der Waals surface area contributed by atoms with E-state index in [0.717, 1.165) is 10.4 Å². The highest BCUT2D eigenvalue weighted by molar-refractivity contribution is 9.08. The second-order valence-corrected chi connectivity index (χ2v) is 5.61. The third-order valence-corrected chi connectivity index (χ3v) is 4.86. The maximum Gasteiger partial charge on any atom is 0.0595 e. The van der Waals surface area contributed by atoms with Gasteiger partial charge in [0.1, 0.15) is 0 Å². The Bertz CT molecular complexity index is 464. The lowest BCUT2D eigenvalue weighted by Gasteiger charge is -2.00. The first kappa shape index (κ1) is 10.8. The number of thiophene rings is 1. The van der Waals surface area contributed by atoms with Crippen molar-refractivity contribution < 1.29 is 0 Å². The van der Waals surface area contributed by atoms with Gasteiger partial charge in [-0.25, -0.2) is 0 Å². The number of rotatable bonds is 2. The highest BCUT2D eigenvalue weighted by Crippen LogP contribution is 2.36. The molecule has 0 amide bonds. The van der Waals surface area contributed by atoms with Gasteiger partial charge in [-0.2, -0.15) is 0 Å². The highest BCUT2D eigenvalue weighted by atomic mass is 79.9. The van der Waals surface area contributed by atoms with Crippen molar-refractivity contribution in [2.24, 2.45) is 0 Å². The van der Waals surface area contributed by atoms with Gasteiger partial charge in [-0.1, -0.05) is 27.5 Å². The normalized spacial score (nSPS) is 11.1. The smallest absolute Gasteiger partial charge is 0.0595 e. The van der Waals surface area contributed by atoms with Gasteiger partial charge in [0.25, 0.3) is 0 Å². The molecule has 0 saturated heterocycles. The van der Waals surface area contributed by atoms with Crippen molar-refractivity contribution in [3.05, 3.63) is 28.1 Å². The monoisotopic (exact) mass is 306 g/mol.